The van der Waals surface area contributed by atoms with Crippen LogP contribution in [0.4, 0.5) is 4.79 Å². The molecule has 1 heterocycles. The first-order valence-corrected chi connectivity index (χ1v) is 8.55. The smallest absolute Gasteiger partial charge is 0.407 e. The van der Waals surface area contributed by atoms with Crippen LogP contribution in [0, 0.1) is 5.92 Å². The molecule has 6 nitrogen and oxygen atoms in total. The molecule has 0 spiro atoms. The van der Waals surface area contributed by atoms with Crippen LogP contribution in [0.15, 0.2) is 30.3 Å². The average molecular weight is 332 g/mol. The highest BCUT2D eigenvalue weighted by molar-refractivity contribution is 5.80. The lowest BCUT2D eigenvalue weighted by Crippen LogP contribution is -2.52. The summed E-state index contributed by atoms with van der Waals surface area (Å²) in [4.78, 5) is 25.3. The summed E-state index contributed by atoms with van der Waals surface area (Å²) in [6, 6.07) is 9.68. The number of amides is 2. The molecule has 0 bridgehead atoms. The molecule has 2 fully saturated rings. The SMILES string of the molecule is O=C(O)N(Cc1ccccc1)[C@H]1C[C@H](C(=O)NC2CCOCC2)C1. The summed E-state index contributed by atoms with van der Waals surface area (Å²) < 4.78 is 5.29. The van der Waals surface area contributed by atoms with Gasteiger partial charge in [-0.3, -0.25) is 4.79 Å². The Hall–Kier alpha value is -2.08. The summed E-state index contributed by atoms with van der Waals surface area (Å²) in [5.74, 6) is -0.0151. The molecule has 2 amide bonds. The molecule has 24 heavy (non-hydrogen) atoms. The number of carboxylic acid groups (broad SMARTS) is 1. The Bertz CT molecular complexity index is 566. The molecule has 0 unspecified atom stereocenters. The highest BCUT2D eigenvalue weighted by atomic mass is 16.5. The fraction of sp³-hybridized carbons (Fsp3) is 0.556. The van der Waals surface area contributed by atoms with E-state index in [9.17, 15) is 14.7 Å². The number of nitrogens with one attached hydrogen (secondary N) is 1. The lowest BCUT2D eigenvalue weighted by Gasteiger charge is -2.41. The molecule has 2 aliphatic rings. The molecule has 1 saturated heterocycles. The van der Waals surface area contributed by atoms with E-state index in [1.807, 2.05) is 30.3 Å². The minimum absolute atomic E-state index is 0.0585. The van der Waals surface area contributed by atoms with Crippen LogP contribution in [0.2, 0.25) is 0 Å². The van der Waals surface area contributed by atoms with Gasteiger partial charge in [-0.15, -0.1) is 0 Å². The van der Waals surface area contributed by atoms with Crippen LogP contribution in [-0.2, 0) is 16.1 Å². The summed E-state index contributed by atoms with van der Waals surface area (Å²) in [6.45, 7) is 1.76. The van der Waals surface area contributed by atoms with Gasteiger partial charge in [0.05, 0.1) is 0 Å². The van der Waals surface area contributed by atoms with E-state index in [0.29, 0.717) is 32.6 Å². The topological polar surface area (TPSA) is 78.9 Å². The molecular formula is C18H24N2O4. The van der Waals surface area contributed by atoms with Gasteiger partial charge in [0, 0.05) is 37.8 Å². The van der Waals surface area contributed by atoms with E-state index >= 15 is 0 Å². The minimum Gasteiger partial charge on any atom is -0.465 e. The maximum Gasteiger partial charge on any atom is 0.407 e. The van der Waals surface area contributed by atoms with Gasteiger partial charge in [0.15, 0.2) is 0 Å². The molecule has 1 aromatic rings. The number of hydrogen-bond acceptors (Lipinski definition) is 3. The van der Waals surface area contributed by atoms with Crippen LogP contribution in [0.3, 0.4) is 0 Å². The fourth-order valence-corrected chi connectivity index (χ4v) is 3.35. The Morgan fingerprint density at radius 1 is 1.17 bits per heavy atom. The van der Waals surface area contributed by atoms with Gasteiger partial charge >= 0.3 is 6.09 Å². The molecule has 1 aliphatic carbocycles. The molecule has 0 atom stereocenters. The molecule has 3 rings (SSSR count). The second-order valence-corrected chi connectivity index (χ2v) is 6.61. The van der Waals surface area contributed by atoms with Gasteiger partial charge < -0.3 is 20.1 Å². The van der Waals surface area contributed by atoms with Crippen LogP contribution < -0.4 is 5.32 Å². The molecule has 1 saturated carbocycles. The highest BCUT2D eigenvalue weighted by Crippen LogP contribution is 2.33. The van der Waals surface area contributed by atoms with Crippen LogP contribution in [0.1, 0.15) is 31.2 Å². The zero-order valence-electron chi connectivity index (χ0n) is 13.7. The number of carbonyl (C=O) groups excluding carboxylic acids is 1. The van der Waals surface area contributed by atoms with E-state index in [1.165, 1.54) is 4.90 Å². The van der Waals surface area contributed by atoms with E-state index in [4.69, 9.17) is 4.74 Å². The van der Waals surface area contributed by atoms with E-state index < -0.39 is 6.09 Å². The second kappa shape index (κ2) is 7.66. The van der Waals surface area contributed by atoms with Gasteiger partial charge in [-0.1, -0.05) is 30.3 Å². The second-order valence-electron chi connectivity index (χ2n) is 6.61. The number of nitrogens with zero attached hydrogens (tertiary/aromatic N) is 1. The monoisotopic (exact) mass is 332 g/mol. The quantitative estimate of drug-likeness (QED) is 0.867. The molecule has 0 aromatic heterocycles. The maximum atomic E-state index is 12.3. The van der Waals surface area contributed by atoms with Crippen molar-refractivity contribution in [3.63, 3.8) is 0 Å². The van der Waals surface area contributed by atoms with Crippen molar-refractivity contribution in [2.75, 3.05) is 13.2 Å². The minimum atomic E-state index is -0.924. The van der Waals surface area contributed by atoms with Crippen molar-refractivity contribution in [1.29, 1.82) is 0 Å². The van der Waals surface area contributed by atoms with Gasteiger partial charge in [0.2, 0.25) is 5.91 Å². The van der Waals surface area contributed by atoms with Crippen molar-refractivity contribution in [2.45, 2.75) is 44.3 Å². The number of hydrogen-bond donors (Lipinski definition) is 2. The predicted octanol–water partition coefficient (Wildman–Crippen LogP) is 2.24. The number of benzene rings is 1. The van der Waals surface area contributed by atoms with Crippen molar-refractivity contribution in [2.24, 2.45) is 5.92 Å². The van der Waals surface area contributed by atoms with E-state index in [0.717, 1.165) is 18.4 Å². The first kappa shape index (κ1) is 16.8. The lowest BCUT2D eigenvalue weighted by atomic mass is 9.78. The molecule has 1 aromatic carbocycles. The predicted molar refractivity (Wildman–Crippen MR) is 88.5 cm³/mol. The van der Waals surface area contributed by atoms with Gasteiger partial charge in [-0.25, -0.2) is 4.79 Å². The van der Waals surface area contributed by atoms with Gasteiger partial charge in [-0.2, -0.15) is 0 Å². The summed E-state index contributed by atoms with van der Waals surface area (Å²) in [7, 11) is 0. The zero-order chi connectivity index (χ0) is 16.9. The first-order valence-electron chi connectivity index (χ1n) is 8.55. The van der Waals surface area contributed by atoms with Gasteiger partial charge in [0.1, 0.15) is 0 Å². The standard InChI is InChI=1S/C18H24N2O4/c21-17(19-15-6-8-24-9-7-15)14-10-16(11-14)20(18(22)23)12-13-4-2-1-3-5-13/h1-5,14-16H,6-12H2,(H,19,21)(H,22,23)/t14-,16-. The Kier molecular flexibility index (Phi) is 5.35. The maximum absolute atomic E-state index is 12.3. The molecule has 6 heteroatoms. The largest absolute Gasteiger partial charge is 0.465 e. The van der Waals surface area contributed by atoms with E-state index in [1.54, 1.807) is 0 Å². The molecular weight excluding hydrogens is 308 g/mol. The van der Waals surface area contributed by atoms with Crippen LogP contribution >= 0.6 is 0 Å². The number of carbonyl (C=O) groups is 2. The van der Waals surface area contributed by atoms with Gasteiger partial charge in [0.25, 0.3) is 0 Å². The summed E-state index contributed by atoms with van der Waals surface area (Å²) >= 11 is 0. The first-order chi connectivity index (χ1) is 11.6. The fourth-order valence-electron chi connectivity index (χ4n) is 3.35. The lowest BCUT2D eigenvalue weighted by molar-refractivity contribution is -0.131. The van der Waals surface area contributed by atoms with Crippen molar-refractivity contribution >= 4 is 12.0 Å². The van der Waals surface area contributed by atoms with E-state index in [2.05, 4.69) is 5.32 Å². The molecule has 0 radical (unpaired) electrons. The van der Waals surface area contributed by atoms with Crippen LogP contribution in [-0.4, -0.2) is 47.3 Å². The third-order valence-electron chi connectivity index (χ3n) is 4.93. The van der Waals surface area contributed by atoms with Crippen LogP contribution in [0.25, 0.3) is 0 Å². The molecule has 130 valence electrons. The Morgan fingerprint density at radius 3 is 2.46 bits per heavy atom. The normalized spacial score (nSPS) is 24.0. The zero-order valence-corrected chi connectivity index (χ0v) is 13.7. The summed E-state index contributed by atoms with van der Waals surface area (Å²) in [5.41, 5.74) is 0.968. The van der Waals surface area contributed by atoms with Crippen molar-refractivity contribution in [3.8, 4) is 0 Å². The van der Waals surface area contributed by atoms with Gasteiger partial charge in [-0.05, 0) is 31.2 Å². The molecule has 1 aliphatic heterocycles. The number of ether oxygens (including phenoxy) is 1. The molecule has 2 N–H and O–H groups in total. The van der Waals surface area contributed by atoms with Crippen LogP contribution in [0.5, 0.6) is 0 Å². The van der Waals surface area contributed by atoms with Crippen molar-refractivity contribution in [3.05, 3.63) is 35.9 Å². The number of rotatable bonds is 5. The Balaban J connectivity index is 1.49. The Labute approximate surface area is 141 Å². The van der Waals surface area contributed by atoms with E-state index in [-0.39, 0.29) is 23.9 Å². The van der Waals surface area contributed by atoms with Crippen molar-refractivity contribution in [1.82, 2.24) is 10.2 Å². The highest BCUT2D eigenvalue weighted by Gasteiger charge is 2.40. The average Bonchev–Trinajstić information content (AvgIpc) is 2.54. The van der Waals surface area contributed by atoms with Crippen molar-refractivity contribution < 1.29 is 19.4 Å². The Morgan fingerprint density at radius 2 is 1.83 bits per heavy atom. The summed E-state index contributed by atoms with van der Waals surface area (Å²) in [5, 5.41) is 12.5. The third-order valence-corrected chi connectivity index (χ3v) is 4.93. The third kappa shape index (κ3) is 4.06. The summed E-state index contributed by atoms with van der Waals surface area (Å²) in [6.07, 6.45) is 2.00.